The molecule has 1 aliphatic rings. The summed E-state index contributed by atoms with van der Waals surface area (Å²) >= 11 is 1.33. The zero-order valence-electron chi connectivity index (χ0n) is 17.3. The molecule has 5 nitrogen and oxygen atoms in total. The Balaban J connectivity index is 1.38. The van der Waals surface area contributed by atoms with Gasteiger partial charge in [0.15, 0.2) is 0 Å². The van der Waals surface area contributed by atoms with Crippen LogP contribution in [-0.2, 0) is 17.8 Å². The zero-order chi connectivity index (χ0) is 21.9. The van der Waals surface area contributed by atoms with E-state index in [2.05, 4.69) is 34.5 Å². The van der Waals surface area contributed by atoms with Crippen molar-refractivity contribution in [2.45, 2.75) is 18.0 Å². The highest BCUT2D eigenvalue weighted by atomic mass is 32.2. The minimum absolute atomic E-state index is 0.123. The van der Waals surface area contributed by atoms with Crippen molar-refractivity contribution in [2.24, 2.45) is 0 Å². The molecule has 1 aliphatic heterocycles. The van der Waals surface area contributed by atoms with Crippen LogP contribution in [0.1, 0.15) is 11.1 Å². The summed E-state index contributed by atoms with van der Waals surface area (Å²) in [6.07, 6.45) is 0.944. The van der Waals surface area contributed by atoms with Crippen molar-refractivity contribution in [3.63, 3.8) is 0 Å². The first-order valence-corrected chi connectivity index (χ1v) is 11.4. The fourth-order valence-electron chi connectivity index (χ4n) is 3.84. The van der Waals surface area contributed by atoms with Crippen LogP contribution in [0.15, 0.2) is 77.8 Å². The molecule has 0 spiro atoms. The molecule has 0 atom stereocenters. The topological polar surface area (TPSA) is 58.1 Å². The second-order valence-electron chi connectivity index (χ2n) is 7.60. The van der Waals surface area contributed by atoms with Crippen LogP contribution in [0.4, 0.5) is 16.0 Å². The first-order chi connectivity index (χ1) is 15.7. The van der Waals surface area contributed by atoms with Crippen LogP contribution in [0.2, 0.25) is 0 Å². The number of carbonyl (C=O) groups is 1. The number of hydrogen-bond acceptors (Lipinski definition) is 5. The van der Waals surface area contributed by atoms with Crippen LogP contribution >= 0.6 is 11.8 Å². The molecule has 32 heavy (non-hydrogen) atoms. The molecule has 0 aliphatic carbocycles. The number of nitrogens with one attached hydrogen (secondary N) is 1. The van der Waals surface area contributed by atoms with Crippen molar-refractivity contribution >= 4 is 40.2 Å². The fourth-order valence-corrected chi connectivity index (χ4v) is 4.65. The second-order valence-corrected chi connectivity index (χ2v) is 8.57. The maximum absolute atomic E-state index is 13.8. The Hall–Kier alpha value is -3.45. The van der Waals surface area contributed by atoms with Gasteiger partial charge in [-0.05, 0) is 35.7 Å². The predicted octanol–water partition coefficient (Wildman–Crippen LogP) is 5.06. The summed E-state index contributed by atoms with van der Waals surface area (Å²) in [7, 11) is 0. The number of para-hydroxylation sites is 2. The van der Waals surface area contributed by atoms with Gasteiger partial charge in [0, 0.05) is 18.5 Å². The van der Waals surface area contributed by atoms with Gasteiger partial charge in [0.2, 0.25) is 11.9 Å². The van der Waals surface area contributed by atoms with Gasteiger partial charge in [-0.1, -0.05) is 66.4 Å². The molecule has 4 aromatic rings. The lowest BCUT2D eigenvalue weighted by Gasteiger charge is -2.29. The van der Waals surface area contributed by atoms with Gasteiger partial charge in [-0.3, -0.25) is 4.79 Å². The Labute approximate surface area is 189 Å². The van der Waals surface area contributed by atoms with Gasteiger partial charge in [0.1, 0.15) is 10.8 Å². The number of benzene rings is 3. The lowest BCUT2D eigenvalue weighted by molar-refractivity contribution is -0.113. The number of nitrogens with zero attached hydrogens (tertiary/aromatic N) is 3. The van der Waals surface area contributed by atoms with Gasteiger partial charge < -0.3 is 10.2 Å². The number of aromatic nitrogens is 2. The van der Waals surface area contributed by atoms with Crippen LogP contribution < -0.4 is 10.2 Å². The number of fused-ring (bicyclic) bond motifs is 2. The summed E-state index contributed by atoms with van der Waals surface area (Å²) < 4.78 is 13.8. The maximum Gasteiger partial charge on any atom is 0.234 e. The minimum Gasteiger partial charge on any atom is -0.336 e. The molecule has 2 heterocycles. The molecule has 0 unspecified atom stereocenters. The third-order valence-corrected chi connectivity index (χ3v) is 6.45. The summed E-state index contributed by atoms with van der Waals surface area (Å²) in [5.41, 5.74) is 3.67. The number of amides is 1. The van der Waals surface area contributed by atoms with Gasteiger partial charge in [-0.15, -0.1) is 0 Å². The Morgan fingerprint density at radius 2 is 1.72 bits per heavy atom. The minimum atomic E-state index is -0.453. The maximum atomic E-state index is 13.8. The highest BCUT2D eigenvalue weighted by Crippen LogP contribution is 2.30. The molecular weight excluding hydrogens is 423 g/mol. The van der Waals surface area contributed by atoms with E-state index in [9.17, 15) is 9.18 Å². The van der Waals surface area contributed by atoms with Gasteiger partial charge in [-0.2, -0.15) is 0 Å². The Bertz CT molecular complexity index is 1300. The molecule has 7 heteroatoms. The molecule has 1 aromatic heterocycles. The molecule has 0 bridgehead atoms. The molecule has 0 saturated heterocycles. The average Bonchev–Trinajstić information content (AvgIpc) is 2.83. The van der Waals surface area contributed by atoms with E-state index in [-0.39, 0.29) is 17.3 Å². The van der Waals surface area contributed by atoms with E-state index in [1.807, 2.05) is 24.3 Å². The van der Waals surface area contributed by atoms with Gasteiger partial charge in [-0.25, -0.2) is 14.4 Å². The molecule has 0 saturated carbocycles. The van der Waals surface area contributed by atoms with Crippen LogP contribution in [0.5, 0.6) is 0 Å². The number of halogens is 1. The van der Waals surface area contributed by atoms with E-state index in [1.54, 1.807) is 18.2 Å². The van der Waals surface area contributed by atoms with E-state index in [0.717, 1.165) is 35.4 Å². The van der Waals surface area contributed by atoms with Crippen molar-refractivity contribution in [2.75, 3.05) is 22.5 Å². The first-order valence-electron chi connectivity index (χ1n) is 10.4. The molecule has 0 fully saturated rings. The quantitative estimate of drug-likeness (QED) is 0.344. The monoisotopic (exact) mass is 444 g/mol. The standard InChI is InChI=1S/C25H21FN4OS/c26-20-10-4-6-12-22(20)27-23(31)16-32-24-19-9-3-5-11-21(19)28-25(29-24)30-14-13-17-7-1-2-8-18(17)15-30/h1-12H,13-16H2,(H,27,31). The summed E-state index contributed by atoms with van der Waals surface area (Å²) in [6, 6.07) is 22.4. The smallest absolute Gasteiger partial charge is 0.234 e. The molecule has 5 rings (SSSR count). The predicted molar refractivity (Wildman–Crippen MR) is 126 cm³/mol. The largest absolute Gasteiger partial charge is 0.336 e. The van der Waals surface area contributed by atoms with Crippen LogP contribution in [-0.4, -0.2) is 28.2 Å². The van der Waals surface area contributed by atoms with Crippen LogP contribution in [0.3, 0.4) is 0 Å². The van der Waals surface area contributed by atoms with E-state index in [1.165, 1.54) is 29.0 Å². The third-order valence-electron chi connectivity index (χ3n) is 5.46. The van der Waals surface area contributed by atoms with Crippen molar-refractivity contribution < 1.29 is 9.18 Å². The van der Waals surface area contributed by atoms with E-state index in [4.69, 9.17) is 9.97 Å². The van der Waals surface area contributed by atoms with E-state index < -0.39 is 5.82 Å². The Kier molecular flexibility index (Phi) is 5.73. The number of rotatable bonds is 5. The zero-order valence-corrected chi connectivity index (χ0v) is 18.1. The molecule has 160 valence electrons. The number of anilines is 2. The Morgan fingerprint density at radius 1 is 0.969 bits per heavy atom. The van der Waals surface area contributed by atoms with E-state index in [0.29, 0.717) is 5.95 Å². The lowest BCUT2D eigenvalue weighted by Crippen LogP contribution is -2.31. The van der Waals surface area contributed by atoms with Crippen molar-refractivity contribution in [1.29, 1.82) is 0 Å². The first kappa shape index (κ1) is 20.5. The van der Waals surface area contributed by atoms with Crippen molar-refractivity contribution in [1.82, 2.24) is 9.97 Å². The van der Waals surface area contributed by atoms with Crippen LogP contribution in [0, 0.1) is 5.82 Å². The molecule has 1 amide bonds. The van der Waals surface area contributed by atoms with Crippen molar-refractivity contribution in [3.8, 4) is 0 Å². The summed E-state index contributed by atoms with van der Waals surface area (Å²) in [5, 5.41) is 4.27. The van der Waals surface area contributed by atoms with Gasteiger partial charge in [0.05, 0.1) is 17.0 Å². The molecule has 1 N–H and O–H groups in total. The molecule has 3 aromatic carbocycles. The fraction of sp³-hybridized carbons (Fsp3) is 0.160. The van der Waals surface area contributed by atoms with E-state index >= 15 is 0 Å². The summed E-state index contributed by atoms with van der Waals surface area (Å²) in [6.45, 7) is 1.60. The second kappa shape index (κ2) is 8.96. The Morgan fingerprint density at radius 3 is 2.59 bits per heavy atom. The summed E-state index contributed by atoms with van der Waals surface area (Å²) in [5.74, 6) is 0.0508. The lowest BCUT2D eigenvalue weighted by atomic mass is 10.0. The van der Waals surface area contributed by atoms with Gasteiger partial charge in [0.25, 0.3) is 0 Å². The number of hydrogen-bond donors (Lipinski definition) is 1. The molecule has 0 radical (unpaired) electrons. The van der Waals surface area contributed by atoms with Gasteiger partial charge >= 0.3 is 0 Å². The number of thioether (sulfide) groups is 1. The van der Waals surface area contributed by atoms with Crippen LogP contribution in [0.25, 0.3) is 10.9 Å². The SMILES string of the molecule is O=C(CSc1nc(N2CCc3ccccc3C2)nc2ccccc12)Nc1ccccc1F. The highest BCUT2D eigenvalue weighted by molar-refractivity contribution is 8.00. The summed E-state index contributed by atoms with van der Waals surface area (Å²) in [4.78, 5) is 24.2. The third kappa shape index (κ3) is 4.29. The normalized spacial score (nSPS) is 13.1. The average molecular weight is 445 g/mol. The van der Waals surface area contributed by atoms with Crippen molar-refractivity contribution in [3.05, 3.63) is 89.7 Å². The number of carbonyl (C=O) groups excluding carboxylic acids is 1. The molecular formula is C25H21FN4OS. The highest BCUT2D eigenvalue weighted by Gasteiger charge is 2.20.